The van der Waals surface area contributed by atoms with Crippen LogP contribution in [0.25, 0.3) is 0 Å². The first-order chi connectivity index (χ1) is 11.2. The Bertz CT molecular complexity index is 738. The van der Waals surface area contributed by atoms with Crippen molar-refractivity contribution in [1.82, 2.24) is 4.98 Å². The van der Waals surface area contributed by atoms with Gasteiger partial charge in [0.1, 0.15) is 5.75 Å². The van der Waals surface area contributed by atoms with Gasteiger partial charge in [0.25, 0.3) is 5.91 Å². The van der Waals surface area contributed by atoms with Crippen molar-refractivity contribution < 1.29 is 9.53 Å². The molecule has 1 aromatic carbocycles. The zero-order valence-electron chi connectivity index (χ0n) is 12.6. The van der Waals surface area contributed by atoms with Crippen LogP contribution in [-0.2, 0) is 11.3 Å². The fourth-order valence-corrected chi connectivity index (χ4v) is 3.38. The van der Waals surface area contributed by atoms with Gasteiger partial charge in [0.05, 0.1) is 6.54 Å². The summed E-state index contributed by atoms with van der Waals surface area (Å²) in [6.45, 7) is 2.52. The maximum atomic E-state index is 12.6. The molecule has 0 unspecified atom stereocenters. The Morgan fingerprint density at radius 1 is 1.17 bits per heavy atom. The van der Waals surface area contributed by atoms with Crippen LogP contribution in [0.4, 0.5) is 5.13 Å². The molecule has 0 fully saturated rings. The largest absolute Gasteiger partial charge is 0.484 e. The SMILES string of the molecule is Cc1ccc(OCC(=O)N(Cc2cccs2)c2nccs2)cc1. The average Bonchev–Trinajstić information content (AvgIpc) is 3.25. The van der Waals surface area contributed by atoms with Crippen molar-refractivity contribution in [3.05, 3.63) is 63.8 Å². The summed E-state index contributed by atoms with van der Waals surface area (Å²) in [4.78, 5) is 19.6. The molecule has 0 atom stereocenters. The van der Waals surface area contributed by atoms with Crippen molar-refractivity contribution in [3.8, 4) is 5.75 Å². The van der Waals surface area contributed by atoms with E-state index in [1.165, 1.54) is 11.3 Å². The first kappa shape index (κ1) is 15.7. The lowest BCUT2D eigenvalue weighted by Crippen LogP contribution is -2.34. The molecule has 6 heteroatoms. The van der Waals surface area contributed by atoms with Gasteiger partial charge < -0.3 is 4.74 Å². The van der Waals surface area contributed by atoms with E-state index in [0.29, 0.717) is 17.4 Å². The Balaban J connectivity index is 1.68. The van der Waals surface area contributed by atoms with Gasteiger partial charge in [0, 0.05) is 16.5 Å². The van der Waals surface area contributed by atoms with Crippen LogP contribution in [-0.4, -0.2) is 17.5 Å². The number of carbonyl (C=O) groups excluding carboxylic acids is 1. The summed E-state index contributed by atoms with van der Waals surface area (Å²) in [5.41, 5.74) is 1.16. The van der Waals surface area contributed by atoms with Gasteiger partial charge in [-0.2, -0.15) is 0 Å². The first-order valence-corrected chi connectivity index (χ1v) is 8.90. The highest BCUT2D eigenvalue weighted by molar-refractivity contribution is 7.13. The van der Waals surface area contributed by atoms with Gasteiger partial charge in [-0.3, -0.25) is 9.69 Å². The van der Waals surface area contributed by atoms with E-state index in [-0.39, 0.29) is 12.5 Å². The molecule has 2 aromatic heterocycles. The zero-order chi connectivity index (χ0) is 16.1. The standard InChI is InChI=1S/C17H16N2O2S2/c1-13-4-6-14(7-5-13)21-12-16(20)19(17-18-8-10-23-17)11-15-3-2-9-22-15/h2-10H,11-12H2,1H3. The Kier molecular flexibility index (Phi) is 5.05. The second-order valence-electron chi connectivity index (χ2n) is 4.98. The molecule has 23 heavy (non-hydrogen) atoms. The third-order valence-corrected chi connectivity index (χ3v) is 4.88. The highest BCUT2D eigenvalue weighted by Gasteiger charge is 2.19. The summed E-state index contributed by atoms with van der Waals surface area (Å²) >= 11 is 3.07. The van der Waals surface area contributed by atoms with Gasteiger partial charge in [-0.15, -0.1) is 22.7 Å². The van der Waals surface area contributed by atoms with Crippen LogP contribution in [0, 0.1) is 6.92 Å². The van der Waals surface area contributed by atoms with E-state index in [1.54, 1.807) is 22.4 Å². The van der Waals surface area contributed by atoms with E-state index in [0.717, 1.165) is 10.4 Å². The summed E-state index contributed by atoms with van der Waals surface area (Å²) in [7, 11) is 0. The number of benzene rings is 1. The number of ether oxygens (including phenoxy) is 1. The summed E-state index contributed by atoms with van der Waals surface area (Å²) in [6.07, 6.45) is 1.70. The number of rotatable bonds is 6. The Morgan fingerprint density at radius 3 is 2.65 bits per heavy atom. The molecule has 0 bridgehead atoms. The lowest BCUT2D eigenvalue weighted by atomic mass is 10.2. The smallest absolute Gasteiger partial charge is 0.267 e. The maximum absolute atomic E-state index is 12.6. The number of amides is 1. The minimum absolute atomic E-state index is 0.00594. The van der Waals surface area contributed by atoms with Crippen molar-refractivity contribution in [3.63, 3.8) is 0 Å². The molecule has 0 saturated heterocycles. The molecule has 1 amide bonds. The van der Waals surface area contributed by atoms with Gasteiger partial charge >= 0.3 is 0 Å². The van der Waals surface area contributed by atoms with Crippen LogP contribution < -0.4 is 9.64 Å². The number of hydrogen-bond donors (Lipinski definition) is 0. The lowest BCUT2D eigenvalue weighted by molar-refractivity contribution is -0.120. The van der Waals surface area contributed by atoms with Crippen molar-refractivity contribution in [1.29, 1.82) is 0 Å². The van der Waals surface area contributed by atoms with Crippen LogP contribution in [0.2, 0.25) is 0 Å². The lowest BCUT2D eigenvalue weighted by Gasteiger charge is -2.19. The number of thiophene rings is 1. The van der Waals surface area contributed by atoms with Gasteiger partial charge in [0.15, 0.2) is 11.7 Å². The maximum Gasteiger partial charge on any atom is 0.267 e. The fourth-order valence-electron chi connectivity index (χ4n) is 2.03. The van der Waals surface area contributed by atoms with Crippen molar-refractivity contribution in [2.75, 3.05) is 11.5 Å². The molecular formula is C17H16N2O2S2. The molecule has 0 N–H and O–H groups in total. The molecule has 3 aromatic rings. The molecule has 118 valence electrons. The van der Waals surface area contributed by atoms with E-state index < -0.39 is 0 Å². The topological polar surface area (TPSA) is 42.4 Å². The third kappa shape index (κ3) is 4.18. The number of anilines is 1. The number of aromatic nitrogens is 1. The Hall–Kier alpha value is -2.18. The first-order valence-electron chi connectivity index (χ1n) is 7.14. The van der Waals surface area contributed by atoms with Crippen molar-refractivity contribution in [2.24, 2.45) is 0 Å². The minimum Gasteiger partial charge on any atom is -0.484 e. The van der Waals surface area contributed by atoms with E-state index in [9.17, 15) is 4.79 Å². The highest BCUT2D eigenvalue weighted by atomic mass is 32.1. The van der Waals surface area contributed by atoms with Gasteiger partial charge in [-0.25, -0.2) is 4.98 Å². The predicted octanol–water partition coefficient (Wildman–Crippen LogP) is 4.13. The third-order valence-electron chi connectivity index (χ3n) is 3.23. The predicted molar refractivity (Wildman–Crippen MR) is 94.3 cm³/mol. The van der Waals surface area contributed by atoms with E-state index in [1.807, 2.05) is 54.1 Å². The molecule has 0 saturated carbocycles. The monoisotopic (exact) mass is 344 g/mol. The normalized spacial score (nSPS) is 10.5. The summed E-state index contributed by atoms with van der Waals surface area (Å²) < 4.78 is 5.61. The molecule has 2 heterocycles. The van der Waals surface area contributed by atoms with Gasteiger partial charge in [-0.1, -0.05) is 23.8 Å². The average molecular weight is 344 g/mol. The second kappa shape index (κ2) is 7.39. The molecule has 0 aliphatic carbocycles. The molecule has 0 radical (unpaired) electrons. The van der Waals surface area contributed by atoms with Crippen LogP contribution >= 0.6 is 22.7 Å². The number of nitrogens with zero attached hydrogens (tertiary/aromatic N) is 2. The van der Waals surface area contributed by atoms with Crippen LogP contribution in [0.3, 0.4) is 0 Å². The summed E-state index contributed by atoms with van der Waals surface area (Å²) in [6, 6.07) is 11.7. The molecule has 0 aliphatic heterocycles. The van der Waals surface area contributed by atoms with E-state index >= 15 is 0 Å². The Morgan fingerprint density at radius 2 is 2.00 bits per heavy atom. The van der Waals surface area contributed by atoms with E-state index in [2.05, 4.69) is 4.98 Å². The van der Waals surface area contributed by atoms with Crippen LogP contribution in [0.15, 0.2) is 53.4 Å². The van der Waals surface area contributed by atoms with Gasteiger partial charge in [0.2, 0.25) is 0 Å². The number of aryl methyl sites for hydroxylation is 1. The van der Waals surface area contributed by atoms with Crippen LogP contribution in [0.5, 0.6) is 5.75 Å². The fraction of sp³-hybridized carbons (Fsp3) is 0.176. The molecule has 3 rings (SSSR count). The van der Waals surface area contributed by atoms with Crippen molar-refractivity contribution in [2.45, 2.75) is 13.5 Å². The number of thiazole rings is 1. The van der Waals surface area contributed by atoms with E-state index in [4.69, 9.17) is 4.74 Å². The Labute approximate surface area is 143 Å². The number of hydrogen-bond acceptors (Lipinski definition) is 5. The highest BCUT2D eigenvalue weighted by Crippen LogP contribution is 2.22. The second-order valence-corrected chi connectivity index (χ2v) is 6.88. The summed E-state index contributed by atoms with van der Waals surface area (Å²) in [5, 5.41) is 4.56. The zero-order valence-corrected chi connectivity index (χ0v) is 14.3. The quantitative estimate of drug-likeness (QED) is 0.675. The van der Waals surface area contributed by atoms with Crippen LogP contribution in [0.1, 0.15) is 10.4 Å². The summed E-state index contributed by atoms with van der Waals surface area (Å²) in [5.74, 6) is 0.591. The van der Waals surface area contributed by atoms with Crippen molar-refractivity contribution >= 4 is 33.7 Å². The minimum atomic E-state index is -0.103. The molecule has 0 aliphatic rings. The molecule has 0 spiro atoms. The molecular weight excluding hydrogens is 328 g/mol. The van der Waals surface area contributed by atoms with Gasteiger partial charge in [-0.05, 0) is 30.5 Å². The number of carbonyl (C=O) groups is 1. The molecule has 4 nitrogen and oxygen atoms in total.